The third-order valence-electron chi connectivity index (χ3n) is 6.03. The Kier molecular flexibility index (Phi) is 13.8. The first-order valence-corrected chi connectivity index (χ1v) is 18.8. The van der Waals surface area contributed by atoms with Gasteiger partial charge in [0.25, 0.3) is 0 Å². The molecule has 2 N–H and O–H groups in total. The Morgan fingerprint density at radius 3 is 1.82 bits per heavy atom. The number of hydrogen-bond donors (Lipinski definition) is 2. The molecule has 1 fully saturated rings. The van der Waals surface area contributed by atoms with Crippen LogP contribution in [0.15, 0.2) is 72.5 Å². The Labute approximate surface area is 208 Å². The van der Waals surface area contributed by atoms with Gasteiger partial charge >= 0.3 is 92.4 Å². The molecule has 0 spiro atoms. The number of epoxide rings is 1. The van der Waals surface area contributed by atoms with Crippen molar-refractivity contribution in [3.8, 4) is 0 Å². The van der Waals surface area contributed by atoms with E-state index in [9.17, 15) is 10.2 Å². The van der Waals surface area contributed by atoms with Crippen LogP contribution in [0, 0.1) is 0 Å². The molecule has 3 atom stereocenters. The fourth-order valence-corrected chi connectivity index (χ4v) is 13.3. The van der Waals surface area contributed by atoms with Crippen LogP contribution in [-0.4, -0.2) is 36.1 Å². The number of unbranched alkanes of at least 4 members (excludes halogenated alkanes) is 3. The van der Waals surface area contributed by atoms with Crippen LogP contribution in [0.3, 0.4) is 0 Å². The summed E-state index contributed by atoms with van der Waals surface area (Å²) in [7, 11) is 0. The zero-order chi connectivity index (χ0) is 23.9. The molecular formula is C29H43O3Sn. The van der Waals surface area contributed by atoms with Crippen LogP contribution in [0.4, 0.5) is 0 Å². The van der Waals surface area contributed by atoms with Crippen LogP contribution in [0.2, 0.25) is 13.3 Å². The first-order valence-electron chi connectivity index (χ1n) is 12.8. The molecule has 0 bridgehead atoms. The quantitative estimate of drug-likeness (QED) is 0.148. The van der Waals surface area contributed by atoms with Crippen molar-refractivity contribution in [1.29, 1.82) is 0 Å². The van der Waals surface area contributed by atoms with Gasteiger partial charge in [-0.25, -0.2) is 0 Å². The normalized spacial score (nSPS) is 18.5. The molecule has 1 aliphatic heterocycles. The second kappa shape index (κ2) is 16.3. The minimum absolute atomic E-state index is 0.0789. The van der Waals surface area contributed by atoms with Gasteiger partial charge in [0.1, 0.15) is 24.1 Å². The zero-order valence-corrected chi connectivity index (χ0v) is 23.6. The number of rotatable bonds is 13. The van der Waals surface area contributed by atoms with E-state index in [4.69, 9.17) is 4.74 Å². The molecule has 3 rings (SSSR count). The van der Waals surface area contributed by atoms with Gasteiger partial charge in [0.15, 0.2) is 0 Å². The van der Waals surface area contributed by atoms with Gasteiger partial charge < -0.3 is 14.9 Å². The van der Waals surface area contributed by atoms with Crippen molar-refractivity contribution in [2.24, 2.45) is 0 Å². The Morgan fingerprint density at radius 2 is 1.33 bits per heavy atom. The molecule has 1 heterocycles. The van der Waals surface area contributed by atoms with Gasteiger partial charge in [0, 0.05) is 0 Å². The fraction of sp³-hybridized carbons (Fsp3) is 0.517. The van der Waals surface area contributed by atoms with E-state index in [0.29, 0.717) is 0 Å². The molecule has 4 heteroatoms. The van der Waals surface area contributed by atoms with Gasteiger partial charge in [-0.15, -0.1) is 0 Å². The van der Waals surface area contributed by atoms with E-state index < -0.39 is 25.9 Å². The minimum Gasteiger partial charge on any atom is -0.510 e. The van der Waals surface area contributed by atoms with Gasteiger partial charge in [-0.3, -0.25) is 0 Å². The standard InChI is InChI=1S/C17H16O3.3C4H9.Sn/c18-14(12-7-3-1-4-8-12)11-15(19)17-16(20-17)13-9-5-2-6-10-13;3*1-3-4-2;/h1-11,14,16-19H;3*1,3-4H2,2H3;/b15-11-;;;;/t14?,16-,17+;;;;/m1..../s1. The SMILES string of the molecule is CCC[CH2][Sn]([CH2]CCC)[CH2]CCC.O/C(=C\C(O)c1ccccc1)[C@@H]1O[C@@H]1c1ccccc1. The van der Waals surface area contributed by atoms with Gasteiger partial charge in [-0.05, 0) is 17.2 Å². The maximum atomic E-state index is 10.0. The maximum Gasteiger partial charge on any atom is 0.145 e. The van der Waals surface area contributed by atoms with E-state index in [1.54, 1.807) is 13.3 Å². The molecule has 33 heavy (non-hydrogen) atoms. The van der Waals surface area contributed by atoms with E-state index in [2.05, 4.69) is 20.8 Å². The molecule has 0 aliphatic carbocycles. The van der Waals surface area contributed by atoms with Gasteiger partial charge in [0.05, 0.1) is 0 Å². The van der Waals surface area contributed by atoms with Gasteiger partial charge in [0.2, 0.25) is 0 Å². The summed E-state index contributed by atoms with van der Waals surface area (Å²) in [4.78, 5) is 0. The molecule has 1 saturated heterocycles. The third-order valence-corrected chi connectivity index (χ3v) is 15.1. The molecule has 1 unspecified atom stereocenters. The molecule has 0 amide bonds. The molecule has 1 radical (unpaired) electrons. The number of aliphatic hydroxyl groups is 2. The second-order valence-corrected chi connectivity index (χ2v) is 17.5. The summed E-state index contributed by atoms with van der Waals surface area (Å²) in [5, 5.41) is 20.1. The van der Waals surface area contributed by atoms with E-state index >= 15 is 0 Å². The van der Waals surface area contributed by atoms with Crippen LogP contribution >= 0.6 is 0 Å². The number of hydrogen-bond acceptors (Lipinski definition) is 3. The van der Waals surface area contributed by atoms with E-state index in [1.165, 1.54) is 44.6 Å². The summed E-state index contributed by atoms with van der Waals surface area (Å²) >= 11 is -0.839. The van der Waals surface area contributed by atoms with Crippen molar-refractivity contribution in [2.75, 3.05) is 0 Å². The third kappa shape index (κ3) is 10.7. The average molecular weight is 558 g/mol. The molecule has 1 aliphatic rings. The maximum absolute atomic E-state index is 10.0. The Morgan fingerprint density at radius 1 is 0.848 bits per heavy atom. The first-order chi connectivity index (χ1) is 16.1. The Bertz CT molecular complexity index is 759. The molecular weight excluding hydrogens is 515 g/mol. The number of aliphatic hydroxyl groups excluding tert-OH is 2. The van der Waals surface area contributed by atoms with Crippen molar-refractivity contribution in [3.05, 3.63) is 83.6 Å². The molecule has 0 saturated carbocycles. The molecule has 3 nitrogen and oxygen atoms in total. The van der Waals surface area contributed by atoms with Crippen LogP contribution in [0.1, 0.15) is 82.6 Å². The zero-order valence-electron chi connectivity index (χ0n) is 20.7. The van der Waals surface area contributed by atoms with Crippen LogP contribution in [0.25, 0.3) is 0 Å². The summed E-state index contributed by atoms with van der Waals surface area (Å²) in [6.45, 7) is 7.00. The van der Waals surface area contributed by atoms with Crippen LogP contribution in [-0.2, 0) is 4.74 Å². The summed E-state index contributed by atoms with van der Waals surface area (Å²) in [6.07, 6.45) is 8.99. The van der Waals surface area contributed by atoms with Gasteiger partial charge in [-0.1, -0.05) is 60.7 Å². The Hall–Kier alpha value is -1.30. The van der Waals surface area contributed by atoms with Crippen molar-refractivity contribution >= 4 is 19.8 Å². The predicted molar refractivity (Wildman–Crippen MR) is 141 cm³/mol. The number of benzene rings is 2. The molecule has 2 aromatic rings. The minimum atomic E-state index is -0.839. The van der Waals surface area contributed by atoms with Crippen molar-refractivity contribution in [3.63, 3.8) is 0 Å². The van der Waals surface area contributed by atoms with Crippen LogP contribution in [0.5, 0.6) is 0 Å². The summed E-state index contributed by atoms with van der Waals surface area (Å²) in [5.41, 5.74) is 1.78. The largest absolute Gasteiger partial charge is 0.510 e. The molecule has 181 valence electrons. The van der Waals surface area contributed by atoms with Crippen molar-refractivity contribution < 1.29 is 14.9 Å². The summed E-state index contributed by atoms with van der Waals surface area (Å²) in [6, 6.07) is 19.0. The monoisotopic (exact) mass is 559 g/mol. The van der Waals surface area contributed by atoms with Crippen molar-refractivity contribution in [2.45, 2.75) is 90.9 Å². The Balaban J connectivity index is 0.000000260. The van der Waals surface area contributed by atoms with Gasteiger partial charge in [-0.2, -0.15) is 0 Å². The first kappa shape index (κ1) is 27.9. The molecule has 0 aromatic heterocycles. The predicted octanol–water partition coefficient (Wildman–Crippen LogP) is 8.18. The topological polar surface area (TPSA) is 53.0 Å². The average Bonchev–Trinajstić information content (AvgIpc) is 3.66. The van der Waals surface area contributed by atoms with E-state index in [-0.39, 0.29) is 18.0 Å². The second-order valence-electron chi connectivity index (χ2n) is 8.90. The van der Waals surface area contributed by atoms with E-state index in [1.807, 2.05) is 60.7 Å². The smallest absolute Gasteiger partial charge is 0.145 e. The van der Waals surface area contributed by atoms with Crippen LogP contribution < -0.4 is 0 Å². The molecule has 2 aromatic carbocycles. The fourth-order valence-electron chi connectivity index (χ4n) is 3.89. The summed E-state index contributed by atoms with van der Waals surface area (Å²) in [5.74, 6) is 0.0789. The summed E-state index contributed by atoms with van der Waals surface area (Å²) < 4.78 is 10.5. The van der Waals surface area contributed by atoms with Crippen molar-refractivity contribution in [1.82, 2.24) is 0 Å². The van der Waals surface area contributed by atoms with E-state index in [0.717, 1.165) is 11.1 Å². The number of ether oxygens (including phenoxy) is 1.